The Labute approximate surface area is 76.7 Å². The number of rotatable bonds is 1. The Morgan fingerprint density at radius 2 is 2.15 bits per heavy atom. The molecule has 1 saturated carbocycles. The number of hydrogen-bond acceptors (Lipinski definition) is 1. The largest absolute Gasteiger partial charge is 0.325 e. The third kappa shape index (κ3) is 0.953. The average molecular weight is 177 g/mol. The second-order valence-electron chi connectivity index (χ2n) is 4.33. The Hall–Kier alpha value is -0.890. The molecule has 13 heavy (non-hydrogen) atoms. The first kappa shape index (κ1) is 7.51. The Morgan fingerprint density at radius 1 is 1.38 bits per heavy atom. The molecular formula is C11H12FN. The van der Waals surface area contributed by atoms with Gasteiger partial charge in [-0.1, -0.05) is 6.07 Å². The number of hydrogen-bond donors (Lipinski definition) is 1. The van der Waals surface area contributed by atoms with Crippen LogP contribution in [0.1, 0.15) is 29.9 Å². The van der Waals surface area contributed by atoms with E-state index in [-0.39, 0.29) is 11.4 Å². The maximum absolute atomic E-state index is 12.8. The van der Waals surface area contributed by atoms with Gasteiger partial charge in [0, 0.05) is 11.5 Å². The average Bonchev–Trinajstić information content (AvgIpc) is 2.75. The Morgan fingerprint density at radius 3 is 2.77 bits per heavy atom. The summed E-state index contributed by atoms with van der Waals surface area (Å²) in [6, 6.07) is 5.07. The summed E-state index contributed by atoms with van der Waals surface area (Å²) in [4.78, 5) is 0. The fraction of sp³-hybridized carbons (Fsp3) is 0.455. The molecule has 1 aromatic carbocycles. The van der Waals surface area contributed by atoms with Gasteiger partial charge >= 0.3 is 0 Å². The molecule has 1 aromatic rings. The van der Waals surface area contributed by atoms with Crippen LogP contribution >= 0.6 is 0 Å². The van der Waals surface area contributed by atoms with Crippen LogP contribution in [0.4, 0.5) is 4.39 Å². The zero-order valence-electron chi connectivity index (χ0n) is 7.39. The van der Waals surface area contributed by atoms with E-state index in [9.17, 15) is 4.39 Å². The van der Waals surface area contributed by atoms with E-state index in [1.165, 1.54) is 11.6 Å². The number of nitrogens with two attached hydrogens (primary N) is 1. The fourth-order valence-electron chi connectivity index (χ4n) is 2.30. The zero-order chi connectivity index (χ0) is 9.05. The monoisotopic (exact) mass is 177 g/mol. The van der Waals surface area contributed by atoms with Crippen LogP contribution in [-0.2, 0) is 6.42 Å². The highest BCUT2D eigenvalue weighted by molar-refractivity contribution is 5.44. The number of fused-ring (bicyclic) bond motifs is 1. The van der Waals surface area contributed by atoms with Gasteiger partial charge in [-0.3, -0.25) is 0 Å². The number of halogens is 1. The topological polar surface area (TPSA) is 26.0 Å². The molecule has 0 aliphatic heterocycles. The zero-order valence-corrected chi connectivity index (χ0v) is 7.39. The maximum Gasteiger partial charge on any atom is 0.123 e. The van der Waals surface area contributed by atoms with Crippen molar-refractivity contribution in [1.29, 1.82) is 0 Å². The minimum absolute atomic E-state index is 0.0603. The lowest BCUT2D eigenvalue weighted by molar-refractivity contribution is 0.465. The van der Waals surface area contributed by atoms with E-state index in [1.807, 2.05) is 6.07 Å². The molecule has 0 amide bonds. The van der Waals surface area contributed by atoms with Gasteiger partial charge in [-0.25, -0.2) is 4.39 Å². The predicted octanol–water partition coefficient (Wildman–Crippen LogP) is 1.96. The minimum atomic E-state index is -0.126. The second-order valence-corrected chi connectivity index (χ2v) is 4.33. The highest BCUT2D eigenvalue weighted by Gasteiger charge is 2.50. The molecule has 1 fully saturated rings. The SMILES string of the molecule is NC1(C2Cc3cc(F)ccc32)CC1. The van der Waals surface area contributed by atoms with E-state index in [1.54, 1.807) is 6.07 Å². The Kier molecular flexibility index (Phi) is 1.23. The summed E-state index contributed by atoms with van der Waals surface area (Å²) < 4.78 is 12.8. The molecule has 2 aliphatic carbocycles. The van der Waals surface area contributed by atoms with Gasteiger partial charge < -0.3 is 5.73 Å². The van der Waals surface area contributed by atoms with E-state index in [0.717, 1.165) is 24.8 Å². The number of benzene rings is 1. The summed E-state index contributed by atoms with van der Waals surface area (Å²) in [5.74, 6) is 0.377. The van der Waals surface area contributed by atoms with Crippen LogP contribution in [0, 0.1) is 5.82 Å². The van der Waals surface area contributed by atoms with Crippen LogP contribution in [0.3, 0.4) is 0 Å². The van der Waals surface area contributed by atoms with E-state index in [4.69, 9.17) is 5.73 Å². The third-order valence-electron chi connectivity index (χ3n) is 3.43. The maximum atomic E-state index is 12.8. The van der Waals surface area contributed by atoms with Crippen molar-refractivity contribution in [3.63, 3.8) is 0 Å². The van der Waals surface area contributed by atoms with Gasteiger partial charge in [0.2, 0.25) is 0 Å². The van der Waals surface area contributed by atoms with Crippen molar-refractivity contribution < 1.29 is 4.39 Å². The van der Waals surface area contributed by atoms with Crippen LogP contribution < -0.4 is 5.73 Å². The van der Waals surface area contributed by atoms with Crippen molar-refractivity contribution in [3.05, 3.63) is 35.1 Å². The summed E-state index contributed by atoms with van der Waals surface area (Å²) in [5, 5.41) is 0. The standard InChI is InChI=1S/C11H12FN/c12-8-1-2-9-7(5-8)6-10(9)11(13)3-4-11/h1-2,5,10H,3-4,6,13H2. The van der Waals surface area contributed by atoms with E-state index in [0.29, 0.717) is 5.92 Å². The van der Waals surface area contributed by atoms with Crippen LogP contribution in [0.15, 0.2) is 18.2 Å². The van der Waals surface area contributed by atoms with Gasteiger partial charge in [0.25, 0.3) is 0 Å². The quantitative estimate of drug-likeness (QED) is 0.697. The smallest absolute Gasteiger partial charge is 0.123 e. The molecule has 0 bridgehead atoms. The molecule has 2 aliphatic rings. The van der Waals surface area contributed by atoms with Gasteiger partial charge in [-0.05, 0) is 42.5 Å². The lowest BCUT2D eigenvalue weighted by Crippen LogP contribution is -2.37. The molecule has 2 heteroatoms. The molecule has 0 saturated heterocycles. The molecule has 0 heterocycles. The molecule has 0 radical (unpaired) electrons. The van der Waals surface area contributed by atoms with E-state index in [2.05, 4.69) is 0 Å². The highest BCUT2D eigenvalue weighted by atomic mass is 19.1. The molecule has 2 N–H and O–H groups in total. The van der Waals surface area contributed by atoms with Crippen molar-refractivity contribution in [3.8, 4) is 0 Å². The molecule has 0 spiro atoms. The second kappa shape index (κ2) is 2.13. The first-order chi connectivity index (χ1) is 6.19. The van der Waals surface area contributed by atoms with Crippen molar-refractivity contribution >= 4 is 0 Å². The van der Waals surface area contributed by atoms with Gasteiger partial charge in [-0.2, -0.15) is 0 Å². The molecule has 3 rings (SSSR count). The van der Waals surface area contributed by atoms with Gasteiger partial charge in [-0.15, -0.1) is 0 Å². The minimum Gasteiger partial charge on any atom is -0.325 e. The van der Waals surface area contributed by atoms with Crippen molar-refractivity contribution in [2.45, 2.75) is 30.7 Å². The first-order valence-electron chi connectivity index (χ1n) is 4.76. The van der Waals surface area contributed by atoms with Gasteiger partial charge in [0.1, 0.15) is 5.82 Å². The highest BCUT2D eigenvalue weighted by Crippen LogP contribution is 2.52. The summed E-state index contributed by atoms with van der Waals surface area (Å²) >= 11 is 0. The molecule has 68 valence electrons. The molecule has 1 unspecified atom stereocenters. The molecular weight excluding hydrogens is 165 g/mol. The Bertz CT molecular complexity index is 368. The van der Waals surface area contributed by atoms with Gasteiger partial charge in [0.05, 0.1) is 0 Å². The van der Waals surface area contributed by atoms with Crippen LogP contribution in [0.2, 0.25) is 0 Å². The van der Waals surface area contributed by atoms with Crippen LogP contribution in [0.25, 0.3) is 0 Å². The lowest BCUT2D eigenvalue weighted by atomic mass is 9.72. The summed E-state index contributed by atoms with van der Waals surface area (Å²) in [7, 11) is 0. The van der Waals surface area contributed by atoms with Gasteiger partial charge in [0.15, 0.2) is 0 Å². The fourth-order valence-corrected chi connectivity index (χ4v) is 2.30. The molecule has 1 nitrogen and oxygen atoms in total. The van der Waals surface area contributed by atoms with Crippen LogP contribution in [0.5, 0.6) is 0 Å². The summed E-state index contributed by atoms with van der Waals surface area (Å²) in [5.41, 5.74) is 8.60. The van der Waals surface area contributed by atoms with Crippen LogP contribution in [-0.4, -0.2) is 5.54 Å². The van der Waals surface area contributed by atoms with Crippen molar-refractivity contribution in [2.24, 2.45) is 5.73 Å². The normalized spacial score (nSPS) is 27.7. The predicted molar refractivity (Wildman–Crippen MR) is 49.0 cm³/mol. The molecule has 0 aromatic heterocycles. The first-order valence-corrected chi connectivity index (χ1v) is 4.76. The summed E-state index contributed by atoms with van der Waals surface area (Å²) in [6.07, 6.45) is 3.24. The summed E-state index contributed by atoms with van der Waals surface area (Å²) in [6.45, 7) is 0. The third-order valence-corrected chi connectivity index (χ3v) is 3.43. The lowest BCUT2D eigenvalue weighted by Gasteiger charge is -2.35. The Balaban J connectivity index is 1.97. The van der Waals surface area contributed by atoms with Crippen molar-refractivity contribution in [1.82, 2.24) is 0 Å². The van der Waals surface area contributed by atoms with Crippen molar-refractivity contribution in [2.75, 3.05) is 0 Å². The molecule has 1 atom stereocenters. The van der Waals surface area contributed by atoms with E-state index >= 15 is 0 Å². The van der Waals surface area contributed by atoms with E-state index < -0.39 is 0 Å².